The molecule has 1 unspecified atom stereocenters. The number of pyridine rings is 2. The number of carbonyl (C=O) groups excluding carboxylic acids is 1. The molecule has 3 N–H and O–H groups in total. The van der Waals surface area contributed by atoms with Gasteiger partial charge in [0.25, 0.3) is 5.91 Å². The maximum Gasteiger partial charge on any atom is 0.255 e. The Kier molecular flexibility index (Phi) is 6.61. The highest BCUT2D eigenvalue weighted by atomic mass is 16.3. The number of carbonyl (C=O) groups is 1. The highest BCUT2D eigenvalue weighted by molar-refractivity contribution is 5.99. The minimum atomic E-state index is -0.300. The number of aliphatic hydroxyl groups is 1. The van der Waals surface area contributed by atoms with Crippen LogP contribution in [0.2, 0.25) is 0 Å². The zero-order valence-corrected chi connectivity index (χ0v) is 19.2. The van der Waals surface area contributed by atoms with Gasteiger partial charge in [-0.05, 0) is 64.5 Å². The molecule has 3 aromatic rings. The van der Waals surface area contributed by atoms with Gasteiger partial charge in [0.05, 0.1) is 22.9 Å². The number of nitrogens with one attached hydrogen (secondary N) is 2. The molecule has 172 valence electrons. The van der Waals surface area contributed by atoms with E-state index in [9.17, 15) is 9.90 Å². The lowest BCUT2D eigenvalue weighted by molar-refractivity contribution is 0.0832. The predicted octanol–water partition coefficient (Wildman–Crippen LogP) is 3.78. The number of fused-ring (bicyclic) bond motifs is 1. The fraction of sp³-hybridized carbons (Fsp3) is 0.440. The number of aromatic nitrogens is 3. The normalized spacial score (nSPS) is 19.3. The SMILES string of the molecule is CC(C)Nc1cc(-n2ccc3cc(C#N)cnc32)ncc1C(=O)NC1CCC(C(C)O)CC1. The smallest absolute Gasteiger partial charge is 0.255 e. The summed E-state index contributed by atoms with van der Waals surface area (Å²) in [5, 5.41) is 26.3. The van der Waals surface area contributed by atoms with Crippen molar-refractivity contribution < 1.29 is 9.90 Å². The van der Waals surface area contributed by atoms with E-state index in [4.69, 9.17) is 5.26 Å². The van der Waals surface area contributed by atoms with Crippen molar-refractivity contribution in [3.63, 3.8) is 0 Å². The van der Waals surface area contributed by atoms with Crippen LogP contribution in [-0.2, 0) is 0 Å². The van der Waals surface area contributed by atoms with Crippen LogP contribution in [0.25, 0.3) is 16.9 Å². The maximum absolute atomic E-state index is 13.1. The molecule has 0 spiro atoms. The first kappa shape index (κ1) is 22.7. The topological polar surface area (TPSA) is 116 Å². The van der Waals surface area contributed by atoms with E-state index < -0.39 is 0 Å². The molecule has 1 atom stereocenters. The summed E-state index contributed by atoms with van der Waals surface area (Å²) < 4.78 is 1.85. The lowest BCUT2D eigenvalue weighted by Crippen LogP contribution is -2.39. The van der Waals surface area contributed by atoms with Crippen molar-refractivity contribution in [1.29, 1.82) is 5.26 Å². The minimum Gasteiger partial charge on any atom is -0.393 e. The summed E-state index contributed by atoms with van der Waals surface area (Å²) in [6, 6.07) is 7.88. The van der Waals surface area contributed by atoms with Gasteiger partial charge in [-0.2, -0.15) is 5.26 Å². The van der Waals surface area contributed by atoms with Gasteiger partial charge < -0.3 is 15.7 Å². The van der Waals surface area contributed by atoms with Gasteiger partial charge in [-0.1, -0.05) is 0 Å². The van der Waals surface area contributed by atoms with Crippen molar-refractivity contribution in [3.05, 3.63) is 47.9 Å². The van der Waals surface area contributed by atoms with Crippen molar-refractivity contribution >= 4 is 22.6 Å². The van der Waals surface area contributed by atoms with E-state index in [-0.39, 0.29) is 24.1 Å². The van der Waals surface area contributed by atoms with Crippen LogP contribution in [0.1, 0.15) is 62.4 Å². The Balaban J connectivity index is 1.58. The Morgan fingerprint density at radius 2 is 1.94 bits per heavy atom. The molecule has 1 fully saturated rings. The molecule has 33 heavy (non-hydrogen) atoms. The molecule has 3 aromatic heterocycles. The fourth-order valence-electron chi connectivity index (χ4n) is 4.47. The summed E-state index contributed by atoms with van der Waals surface area (Å²) in [6.07, 6.45) is 8.27. The van der Waals surface area contributed by atoms with Crippen molar-refractivity contribution in [2.45, 2.75) is 64.6 Å². The molecule has 1 amide bonds. The van der Waals surface area contributed by atoms with E-state index in [0.29, 0.717) is 34.2 Å². The first-order chi connectivity index (χ1) is 15.9. The molecule has 1 aliphatic rings. The molecule has 0 bridgehead atoms. The van der Waals surface area contributed by atoms with Gasteiger partial charge in [0.1, 0.15) is 17.5 Å². The van der Waals surface area contributed by atoms with Crippen LogP contribution >= 0.6 is 0 Å². The summed E-state index contributed by atoms with van der Waals surface area (Å²) in [6.45, 7) is 5.89. The fourth-order valence-corrected chi connectivity index (χ4v) is 4.47. The lowest BCUT2D eigenvalue weighted by atomic mass is 9.83. The summed E-state index contributed by atoms with van der Waals surface area (Å²) in [5.74, 6) is 0.803. The predicted molar refractivity (Wildman–Crippen MR) is 127 cm³/mol. The van der Waals surface area contributed by atoms with Crippen molar-refractivity contribution in [2.24, 2.45) is 5.92 Å². The van der Waals surface area contributed by atoms with Crippen LogP contribution in [0.3, 0.4) is 0 Å². The monoisotopic (exact) mass is 446 g/mol. The second kappa shape index (κ2) is 9.59. The highest BCUT2D eigenvalue weighted by Gasteiger charge is 2.26. The number of rotatable bonds is 6. The quantitative estimate of drug-likeness (QED) is 0.531. The Hall–Kier alpha value is -3.44. The van der Waals surface area contributed by atoms with E-state index >= 15 is 0 Å². The number of hydrogen-bond acceptors (Lipinski definition) is 6. The van der Waals surface area contributed by atoms with Crippen molar-refractivity contribution in [2.75, 3.05) is 5.32 Å². The molecule has 0 radical (unpaired) electrons. The summed E-state index contributed by atoms with van der Waals surface area (Å²) in [5.41, 5.74) is 2.41. The Morgan fingerprint density at radius 3 is 2.61 bits per heavy atom. The Morgan fingerprint density at radius 1 is 1.18 bits per heavy atom. The third kappa shape index (κ3) is 4.99. The highest BCUT2D eigenvalue weighted by Crippen LogP contribution is 2.28. The molecule has 3 heterocycles. The second-order valence-corrected chi connectivity index (χ2v) is 9.15. The largest absolute Gasteiger partial charge is 0.393 e. The van der Waals surface area contributed by atoms with Crippen LogP contribution in [-0.4, -0.2) is 43.7 Å². The molecule has 0 aromatic carbocycles. The van der Waals surface area contributed by atoms with Crippen LogP contribution in [0.5, 0.6) is 0 Å². The number of nitrogens with zero attached hydrogens (tertiary/aromatic N) is 4. The number of nitriles is 1. The van der Waals surface area contributed by atoms with Gasteiger partial charge in [-0.3, -0.25) is 9.36 Å². The molecule has 0 aliphatic heterocycles. The van der Waals surface area contributed by atoms with Gasteiger partial charge in [0.2, 0.25) is 0 Å². The zero-order valence-electron chi connectivity index (χ0n) is 19.2. The minimum absolute atomic E-state index is 0.103. The molecular formula is C25H30N6O2. The second-order valence-electron chi connectivity index (χ2n) is 9.15. The number of hydrogen-bond donors (Lipinski definition) is 3. The standard InChI is InChI=1S/C25H30N6O2/c1-15(2)29-22-11-23(31-9-8-19-10-17(12-26)13-28-24(19)31)27-14-21(22)25(33)30-20-6-4-18(5-7-20)16(3)32/h8-11,13-16,18,20,32H,4-7H2,1-3H3,(H,27,29)(H,30,33). The van der Waals surface area contributed by atoms with Crippen LogP contribution in [0.15, 0.2) is 36.8 Å². The van der Waals surface area contributed by atoms with Gasteiger partial charge in [-0.15, -0.1) is 0 Å². The first-order valence-corrected chi connectivity index (χ1v) is 11.5. The average molecular weight is 447 g/mol. The third-order valence-electron chi connectivity index (χ3n) is 6.27. The molecule has 4 rings (SSSR count). The zero-order chi connectivity index (χ0) is 23.5. The molecule has 1 saturated carbocycles. The molecule has 0 saturated heterocycles. The van der Waals surface area contributed by atoms with E-state index in [0.717, 1.165) is 31.1 Å². The maximum atomic E-state index is 13.1. The van der Waals surface area contributed by atoms with Gasteiger partial charge in [0, 0.05) is 42.1 Å². The molecule has 8 heteroatoms. The third-order valence-corrected chi connectivity index (χ3v) is 6.27. The van der Waals surface area contributed by atoms with E-state index in [1.165, 1.54) is 0 Å². The van der Waals surface area contributed by atoms with Crippen LogP contribution in [0.4, 0.5) is 5.69 Å². The number of amides is 1. The van der Waals surface area contributed by atoms with Crippen LogP contribution in [0, 0.1) is 17.2 Å². The number of aliphatic hydroxyl groups excluding tert-OH is 1. The molecule has 8 nitrogen and oxygen atoms in total. The lowest BCUT2D eigenvalue weighted by Gasteiger charge is -2.30. The van der Waals surface area contributed by atoms with Crippen molar-refractivity contribution in [1.82, 2.24) is 19.9 Å². The number of anilines is 1. The summed E-state index contributed by atoms with van der Waals surface area (Å²) >= 11 is 0. The van der Waals surface area contributed by atoms with E-state index in [1.807, 2.05) is 43.7 Å². The van der Waals surface area contributed by atoms with Gasteiger partial charge >= 0.3 is 0 Å². The van der Waals surface area contributed by atoms with Crippen molar-refractivity contribution in [3.8, 4) is 11.9 Å². The average Bonchev–Trinajstić information content (AvgIpc) is 3.22. The van der Waals surface area contributed by atoms with Crippen LogP contribution < -0.4 is 10.6 Å². The summed E-state index contributed by atoms with van der Waals surface area (Å²) in [4.78, 5) is 22.1. The Bertz CT molecular complexity index is 1190. The van der Waals surface area contributed by atoms with Gasteiger partial charge in [0.15, 0.2) is 0 Å². The Labute approximate surface area is 193 Å². The van der Waals surface area contributed by atoms with Gasteiger partial charge in [-0.25, -0.2) is 9.97 Å². The molecular weight excluding hydrogens is 416 g/mol. The van der Waals surface area contributed by atoms with E-state index in [2.05, 4.69) is 26.7 Å². The first-order valence-electron chi connectivity index (χ1n) is 11.5. The van der Waals surface area contributed by atoms with E-state index in [1.54, 1.807) is 18.5 Å². The molecule has 1 aliphatic carbocycles. The summed E-state index contributed by atoms with van der Waals surface area (Å²) in [7, 11) is 0.